The van der Waals surface area contributed by atoms with E-state index in [1.165, 1.54) is 0 Å². The minimum Gasteiger partial charge on any atom is -0.310 e. The van der Waals surface area contributed by atoms with Gasteiger partial charge in [0.25, 0.3) is 0 Å². The highest BCUT2D eigenvalue weighted by atomic mass is 32.1. The molecular weight excluding hydrogens is 334 g/mol. The van der Waals surface area contributed by atoms with Crippen LogP contribution in [-0.4, -0.2) is 45.9 Å². The van der Waals surface area contributed by atoms with Crippen molar-refractivity contribution in [2.45, 2.75) is 12.8 Å². The van der Waals surface area contributed by atoms with Crippen molar-refractivity contribution in [2.24, 2.45) is 5.92 Å². The molecule has 0 aliphatic carbocycles. The standard InChI is InChI=1S/C18H19N5OS/c1-23-6-4-12(5-7-23)18(24)22-17-8-15-13(9-20-17)2-3-14(21-15)16-10-19-11-25-16/h2-3,8-12H,4-7H2,1H3,(H,20,22,24). The van der Waals surface area contributed by atoms with E-state index in [9.17, 15) is 4.79 Å². The SMILES string of the molecule is CN1CCC(C(=O)Nc2cc3nc(-c4cncs4)ccc3cn2)CC1. The van der Waals surface area contributed by atoms with Gasteiger partial charge in [-0.05, 0) is 45.1 Å². The van der Waals surface area contributed by atoms with Gasteiger partial charge in [-0.3, -0.25) is 9.78 Å². The molecule has 1 saturated heterocycles. The summed E-state index contributed by atoms with van der Waals surface area (Å²) >= 11 is 1.56. The van der Waals surface area contributed by atoms with E-state index in [2.05, 4.69) is 32.2 Å². The maximum atomic E-state index is 12.5. The van der Waals surface area contributed by atoms with Gasteiger partial charge in [-0.1, -0.05) is 0 Å². The zero-order valence-corrected chi connectivity index (χ0v) is 14.8. The number of thiazole rings is 1. The number of amides is 1. The number of rotatable bonds is 3. The molecule has 4 rings (SSSR count). The minimum atomic E-state index is 0.0542. The smallest absolute Gasteiger partial charge is 0.228 e. The average Bonchev–Trinajstić information content (AvgIpc) is 3.16. The lowest BCUT2D eigenvalue weighted by Crippen LogP contribution is -2.36. The Labute approximate surface area is 149 Å². The number of pyridine rings is 2. The van der Waals surface area contributed by atoms with Gasteiger partial charge >= 0.3 is 0 Å². The van der Waals surface area contributed by atoms with E-state index in [0.29, 0.717) is 5.82 Å². The van der Waals surface area contributed by atoms with E-state index >= 15 is 0 Å². The Bertz CT molecular complexity index is 888. The van der Waals surface area contributed by atoms with Crippen LogP contribution < -0.4 is 5.32 Å². The van der Waals surface area contributed by atoms with Crippen LogP contribution in [0.2, 0.25) is 0 Å². The van der Waals surface area contributed by atoms with Gasteiger partial charge in [-0.25, -0.2) is 9.97 Å². The average molecular weight is 353 g/mol. The van der Waals surface area contributed by atoms with Crippen molar-refractivity contribution in [3.63, 3.8) is 0 Å². The largest absolute Gasteiger partial charge is 0.310 e. The molecule has 7 heteroatoms. The molecule has 3 aromatic rings. The fraction of sp³-hybridized carbons (Fsp3) is 0.333. The zero-order chi connectivity index (χ0) is 17.2. The van der Waals surface area contributed by atoms with E-state index in [-0.39, 0.29) is 11.8 Å². The molecule has 1 fully saturated rings. The number of fused-ring (bicyclic) bond motifs is 1. The normalized spacial score (nSPS) is 16.2. The quantitative estimate of drug-likeness (QED) is 0.784. The molecule has 1 N–H and O–H groups in total. The number of carbonyl (C=O) groups is 1. The Hall–Kier alpha value is -2.38. The summed E-state index contributed by atoms with van der Waals surface area (Å²) in [5, 5.41) is 3.90. The second-order valence-electron chi connectivity index (χ2n) is 6.39. The van der Waals surface area contributed by atoms with Crippen molar-refractivity contribution >= 4 is 34.0 Å². The predicted octanol–water partition coefficient (Wildman–Crippen LogP) is 3.03. The van der Waals surface area contributed by atoms with Crippen LogP contribution in [-0.2, 0) is 4.79 Å². The van der Waals surface area contributed by atoms with Crippen LogP contribution in [0.5, 0.6) is 0 Å². The third-order valence-electron chi connectivity index (χ3n) is 4.60. The van der Waals surface area contributed by atoms with Gasteiger partial charge in [0.1, 0.15) is 5.82 Å². The highest BCUT2D eigenvalue weighted by molar-refractivity contribution is 7.13. The number of aromatic nitrogens is 3. The zero-order valence-electron chi connectivity index (χ0n) is 14.0. The molecule has 3 aromatic heterocycles. The number of anilines is 1. The van der Waals surface area contributed by atoms with Crippen LogP contribution in [0.15, 0.2) is 36.1 Å². The van der Waals surface area contributed by atoms with Crippen LogP contribution >= 0.6 is 11.3 Å². The van der Waals surface area contributed by atoms with Crippen molar-refractivity contribution in [3.8, 4) is 10.6 Å². The fourth-order valence-electron chi connectivity index (χ4n) is 3.06. The summed E-state index contributed by atoms with van der Waals surface area (Å²) in [6, 6.07) is 5.80. The third kappa shape index (κ3) is 3.52. The lowest BCUT2D eigenvalue weighted by Gasteiger charge is -2.27. The van der Waals surface area contributed by atoms with Crippen molar-refractivity contribution in [1.29, 1.82) is 0 Å². The first-order valence-electron chi connectivity index (χ1n) is 8.34. The number of likely N-dealkylation sites (tertiary alicyclic amines) is 1. The second kappa shape index (κ2) is 6.85. The number of carbonyl (C=O) groups excluding carboxylic acids is 1. The summed E-state index contributed by atoms with van der Waals surface area (Å²) in [7, 11) is 2.09. The Morgan fingerprint density at radius 1 is 1.28 bits per heavy atom. The molecule has 1 amide bonds. The van der Waals surface area contributed by atoms with Gasteiger partial charge in [0.15, 0.2) is 0 Å². The highest BCUT2D eigenvalue weighted by Crippen LogP contribution is 2.25. The topological polar surface area (TPSA) is 71.0 Å². The summed E-state index contributed by atoms with van der Waals surface area (Å²) in [6.07, 6.45) is 5.35. The fourth-order valence-corrected chi connectivity index (χ4v) is 3.65. The summed E-state index contributed by atoms with van der Waals surface area (Å²) in [5.74, 6) is 0.675. The molecule has 0 bridgehead atoms. The number of nitrogens with one attached hydrogen (secondary N) is 1. The summed E-state index contributed by atoms with van der Waals surface area (Å²) in [6.45, 7) is 1.92. The first-order valence-corrected chi connectivity index (χ1v) is 9.22. The van der Waals surface area contributed by atoms with Gasteiger partial charge < -0.3 is 10.2 Å². The van der Waals surface area contributed by atoms with E-state index in [4.69, 9.17) is 0 Å². The lowest BCUT2D eigenvalue weighted by atomic mass is 9.96. The highest BCUT2D eigenvalue weighted by Gasteiger charge is 2.23. The van der Waals surface area contributed by atoms with Crippen molar-refractivity contribution < 1.29 is 4.79 Å². The van der Waals surface area contributed by atoms with Crippen LogP contribution in [0.4, 0.5) is 5.82 Å². The first kappa shape index (κ1) is 16.1. The number of piperidine rings is 1. The van der Waals surface area contributed by atoms with E-state index in [1.807, 2.05) is 24.4 Å². The van der Waals surface area contributed by atoms with Crippen molar-refractivity contribution in [1.82, 2.24) is 19.9 Å². The van der Waals surface area contributed by atoms with Gasteiger partial charge in [-0.15, -0.1) is 11.3 Å². The van der Waals surface area contributed by atoms with Crippen LogP contribution in [0.25, 0.3) is 21.5 Å². The van der Waals surface area contributed by atoms with Crippen LogP contribution in [0, 0.1) is 5.92 Å². The van der Waals surface area contributed by atoms with Crippen LogP contribution in [0.1, 0.15) is 12.8 Å². The van der Waals surface area contributed by atoms with Crippen LogP contribution in [0.3, 0.4) is 0 Å². The Kier molecular flexibility index (Phi) is 4.42. The second-order valence-corrected chi connectivity index (χ2v) is 7.28. The Morgan fingerprint density at radius 2 is 2.12 bits per heavy atom. The van der Waals surface area contributed by atoms with E-state index in [1.54, 1.807) is 23.0 Å². The lowest BCUT2D eigenvalue weighted by molar-refractivity contribution is -0.121. The molecule has 4 heterocycles. The molecule has 0 atom stereocenters. The predicted molar refractivity (Wildman–Crippen MR) is 99.5 cm³/mol. The summed E-state index contributed by atoms with van der Waals surface area (Å²) < 4.78 is 0. The molecule has 1 aliphatic rings. The number of nitrogens with zero attached hydrogens (tertiary/aromatic N) is 4. The molecule has 0 unspecified atom stereocenters. The summed E-state index contributed by atoms with van der Waals surface area (Å²) in [5.41, 5.74) is 3.49. The Balaban J connectivity index is 1.54. The molecule has 25 heavy (non-hydrogen) atoms. The van der Waals surface area contributed by atoms with Gasteiger partial charge in [-0.2, -0.15) is 0 Å². The molecule has 128 valence electrons. The molecular formula is C18H19N5OS. The van der Waals surface area contributed by atoms with Gasteiger partial charge in [0, 0.05) is 29.8 Å². The molecule has 0 saturated carbocycles. The van der Waals surface area contributed by atoms with Crippen molar-refractivity contribution in [3.05, 3.63) is 36.1 Å². The molecule has 0 radical (unpaired) electrons. The molecule has 6 nitrogen and oxygen atoms in total. The van der Waals surface area contributed by atoms with Crippen molar-refractivity contribution in [2.75, 3.05) is 25.5 Å². The van der Waals surface area contributed by atoms with E-state index < -0.39 is 0 Å². The summed E-state index contributed by atoms with van der Waals surface area (Å²) in [4.78, 5) is 28.9. The van der Waals surface area contributed by atoms with Gasteiger partial charge in [0.2, 0.25) is 5.91 Å². The number of hydrogen-bond acceptors (Lipinski definition) is 6. The monoisotopic (exact) mass is 353 g/mol. The third-order valence-corrected chi connectivity index (χ3v) is 5.39. The maximum absolute atomic E-state index is 12.5. The molecule has 0 spiro atoms. The maximum Gasteiger partial charge on any atom is 0.228 e. The van der Waals surface area contributed by atoms with E-state index in [0.717, 1.165) is 47.4 Å². The van der Waals surface area contributed by atoms with Gasteiger partial charge in [0.05, 0.1) is 21.6 Å². The Morgan fingerprint density at radius 3 is 2.88 bits per heavy atom. The minimum absolute atomic E-state index is 0.0542. The number of hydrogen-bond donors (Lipinski definition) is 1. The molecule has 0 aromatic carbocycles. The molecule has 1 aliphatic heterocycles. The first-order chi connectivity index (χ1) is 12.2.